The van der Waals surface area contributed by atoms with Gasteiger partial charge in [-0.3, -0.25) is 9.59 Å². The molecule has 1 aromatic carbocycles. The van der Waals surface area contributed by atoms with Gasteiger partial charge in [0.2, 0.25) is 0 Å². The third-order valence-electron chi connectivity index (χ3n) is 4.39. The second kappa shape index (κ2) is 7.96. The summed E-state index contributed by atoms with van der Waals surface area (Å²) in [7, 11) is 0. The van der Waals surface area contributed by atoms with Gasteiger partial charge in [0.1, 0.15) is 10.6 Å². The van der Waals surface area contributed by atoms with Crippen molar-refractivity contribution < 1.29 is 9.53 Å². The van der Waals surface area contributed by atoms with E-state index in [1.165, 1.54) is 18.0 Å². The summed E-state index contributed by atoms with van der Waals surface area (Å²) >= 11 is 1.20. The van der Waals surface area contributed by atoms with Crippen LogP contribution in [0.3, 0.4) is 0 Å². The van der Waals surface area contributed by atoms with Gasteiger partial charge < -0.3 is 9.72 Å². The summed E-state index contributed by atoms with van der Waals surface area (Å²) in [6, 6.07) is 5.91. The van der Waals surface area contributed by atoms with Gasteiger partial charge in [-0.05, 0) is 44.4 Å². The Bertz CT molecular complexity index is 1040. The molecule has 7 nitrogen and oxygen atoms in total. The predicted octanol–water partition coefficient (Wildman–Crippen LogP) is 3.16. The van der Waals surface area contributed by atoms with Gasteiger partial charge in [0, 0.05) is 0 Å². The number of aromatic nitrogens is 4. The zero-order valence-corrected chi connectivity index (χ0v) is 16.6. The molecule has 0 saturated carbocycles. The highest BCUT2D eigenvalue weighted by molar-refractivity contribution is 8.00. The van der Waals surface area contributed by atoms with Crippen molar-refractivity contribution in [3.63, 3.8) is 0 Å². The van der Waals surface area contributed by atoms with Crippen molar-refractivity contribution in [2.75, 3.05) is 6.61 Å². The van der Waals surface area contributed by atoms with Crippen LogP contribution in [0.2, 0.25) is 0 Å². The lowest BCUT2D eigenvalue weighted by Gasteiger charge is -2.13. The number of rotatable bonds is 6. The molecular formula is C19H22N4O3S. The second-order valence-electron chi connectivity index (χ2n) is 6.15. The van der Waals surface area contributed by atoms with Gasteiger partial charge in [0.25, 0.3) is 5.56 Å². The number of hydrogen-bond donors (Lipinski definition) is 1. The molecule has 0 spiro atoms. The molecule has 0 aliphatic heterocycles. The number of aromatic amines is 1. The first-order chi connectivity index (χ1) is 13.0. The zero-order valence-electron chi connectivity index (χ0n) is 15.8. The maximum atomic E-state index is 12.5. The number of fused-ring (bicyclic) bond motifs is 1. The minimum absolute atomic E-state index is 0.280. The molecule has 2 heterocycles. The molecule has 0 radical (unpaired) electrons. The Morgan fingerprint density at radius 2 is 2.11 bits per heavy atom. The van der Waals surface area contributed by atoms with Crippen molar-refractivity contribution >= 4 is 28.8 Å². The fraction of sp³-hybridized carbons (Fsp3) is 0.368. The SMILES string of the molecule is CCOC(=O)C(CC)Sc1nc2c(cnn2-c2cccc(C)c2C)c(=O)[nH]1. The number of H-pyrrole nitrogens is 1. The highest BCUT2D eigenvalue weighted by Crippen LogP contribution is 2.25. The van der Waals surface area contributed by atoms with E-state index in [0.29, 0.717) is 29.2 Å². The minimum atomic E-state index is -0.428. The molecular weight excluding hydrogens is 364 g/mol. The number of ether oxygens (including phenoxy) is 1. The molecule has 0 aliphatic rings. The van der Waals surface area contributed by atoms with Crippen LogP contribution in [0.4, 0.5) is 0 Å². The number of carbonyl (C=O) groups excluding carboxylic acids is 1. The highest BCUT2D eigenvalue weighted by atomic mass is 32.2. The van der Waals surface area contributed by atoms with Gasteiger partial charge in [0.05, 0.1) is 18.5 Å². The number of carbonyl (C=O) groups is 1. The molecule has 0 aliphatic carbocycles. The largest absolute Gasteiger partial charge is 0.465 e. The van der Waals surface area contributed by atoms with Crippen molar-refractivity contribution in [3.05, 3.63) is 45.9 Å². The van der Waals surface area contributed by atoms with Crippen molar-refractivity contribution in [1.82, 2.24) is 19.7 Å². The molecule has 0 bridgehead atoms. The summed E-state index contributed by atoms with van der Waals surface area (Å²) in [6.07, 6.45) is 2.08. The van der Waals surface area contributed by atoms with Crippen LogP contribution in [-0.2, 0) is 9.53 Å². The van der Waals surface area contributed by atoms with E-state index in [9.17, 15) is 9.59 Å². The lowest BCUT2D eigenvalue weighted by atomic mass is 10.1. The molecule has 3 rings (SSSR count). The molecule has 142 valence electrons. The van der Waals surface area contributed by atoms with E-state index < -0.39 is 5.25 Å². The highest BCUT2D eigenvalue weighted by Gasteiger charge is 2.22. The van der Waals surface area contributed by atoms with Crippen LogP contribution in [0.5, 0.6) is 0 Å². The van der Waals surface area contributed by atoms with Crippen LogP contribution in [0.25, 0.3) is 16.7 Å². The van der Waals surface area contributed by atoms with E-state index in [2.05, 4.69) is 15.1 Å². The van der Waals surface area contributed by atoms with Crippen molar-refractivity contribution in [1.29, 1.82) is 0 Å². The minimum Gasteiger partial charge on any atom is -0.465 e. The first-order valence-electron chi connectivity index (χ1n) is 8.84. The van der Waals surface area contributed by atoms with Gasteiger partial charge in [-0.25, -0.2) is 9.67 Å². The Morgan fingerprint density at radius 3 is 2.81 bits per heavy atom. The maximum absolute atomic E-state index is 12.5. The van der Waals surface area contributed by atoms with Gasteiger partial charge in [0.15, 0.2) is 10.8 Å². The Hall–Kier alpha value is -2.61. The number of aryl methyl sites for hydroxylation is 1. The molecule has 2 aromatic heterocycles. The van der Waals surface area contributed by atoms with Crippen LogP contribution < -0.4 is 5.56 Å². The normalized spacial score (nSPS) is 12.3. The maximum Gasteiger partial charge on any atom is 0.319 e. The quantitative estimate of drug-likeness (QED) is 0.398. The van der Waals surface area contributed by atoms with E-state index in [1.807, 2.05) is 39.0 Å². The fourth-order valence-corrected chi connectivity index (χ4v) is 3.65. The number of benzene rings is 1. The van der Waals surface area contributed by atoms with Crippen LogP contribution in [0.1, 0.15) is 31.4 Å². The third-order valence-corrected chi connectivity index (χ3v) is 5.62. The number of hydrogen-bond acceptors (Lipinski definition) is 6. The van der Waals surface area contributed by atoms with E-state index in [-0.39, 0.29) is 11.5 Å². The van der Waals surface area contributed by atoms with Crippen LogP contribution >= 0.6 is 11.8 Å². The Labute approximate surface area is 161 Å². The summed E-state index contributed by atoms with van der Waals surface area (Å²) in [4.78, 5) is 31.9. The van der Waals surface area contributed by atoms with E-state index >= 15 is 0 Å². The Balaban J connectivity index is 2.06. The summed E-state index contributed by atoms with van der Waals surface area (Å²) in [6.45, 7) is 8.01. The van der Waals surface area contributed by atoms with Crippen LogP contribution in [-0.4, -0.2) is 37.6 Å². The van der Waals surface area contributed by atoms with Gasteiger partial charge in [-0.15, -0.1) is 0 Å². The average Bonchev–Trinajstić information content (AvgIpc) is 3.06. The third kappa shape index (κ3) is 3.75. The topological polar surface area (TPSA) is 89.9 Å². The van der Waals surface area contributed by atoms with Crippen molar-refractivity contribution in [3.8, 4) is 5.69 Å². The summed E-state index contributed by atoms with van der Waals surface area (Å²) in [5.74, 6) is -0.309. The molecule has 1 N–H and O–H groups in total. The van der Waals surface area contributed by atoms with Gasteiger partial charge in [-0.1, -0.05) is 30.8 Å². The molecule has 3 aromatic rings. The van der Waals surface area contributed by atoms with Crippen LogP contribution in [0, 0.1) is 13.8 Å². The van der Waals surface area contributed by atoms with Gasteiger partial charge in [-0.2, -0.15) is 5.10 Å². The first-order valence-corrected chi connectivity index (χ1v) is 9.72. The standard InChI is InChI=1S/C19H22N4O3S/c1-5-15(18(25)26-6-2)27-19-21-16-13(17(24)22-19)10-20-23(16)14-9-7-8-11(3)12(14)4/h7-10,15H,5-6H2,1-4H3,(H,21,22,24). The molecule has 0 saturated heterocycles. The lowest BCUT2D eigenvalue weighted by Crippen LogP contribution is -2.20. The van der Waals surface area contributed by atoms with E-state index in [0.717, 1.165) is 16.8 Å². The second-order valence-corrected chi connectivity index (χ2v) is 7.34. The smallest absolute Gasteiger partial charge is 0.319 e. The molecule has 0 fully saturated rings. The average molecular weight is 386 g/mol. The zero-order chi connectivity index (χ0) is 19.6. The first kappa shape index (κ1) is 19.2. The molecule has 1 unspecified atom stereocenters. The lowest BCUT2D eigenvalue weighted by molar-refractivity contribution is -0.142. The Kier molecular flexibility index (Phi) is 5.65. The Morgan fingerprint density at radius 1 is 1.33 bits per heavy atom. The van der Waals surface area contributed by atoms with E-state index in [1.54, 1.807) is 11.6 Å². The summed E-state index contributed by atoms with van der Waals surface area (Å²) in [5, 5.41) is 4.72. The number of esters is 1. The summed E-state index contributed by atoms with van der Waals surface area (Å²) in [5.41, 5.74) is 3.25. The molecule has 0 amide bonds. The summed E-state index contributed by atoms with van der Waals surface area (Å²) < 4.78 is 6.76. The number of nitrogens with one attached hydrogen (secondary N) is 1. The van der Waals surface area contributed by atoms with Gasteiger partial charge >= 0.3 is 5.97 Å². The van der Waals surface area contributed by atoms with Crippen molar-refractivity contribution in [2.24, 2.45) is 0 Å². The molecule has 27 heavy (non-hydrogen) atoms. The molecule has 1 atom stereocenters. The fourth-order valence-electron chi connectivity index (χ4n) is 2.76. The van der Waals surface area contributed by atoms with Crippen LogP contribution in [0.15, 0.2) is 34.3 Å². The monoisotopic (exact) mass is 386 g/mol. The van der Waals surface area contributed by atoms with E-state index in [4.69, 9.17) is 4.74 Å². The molecule has 8 heteroatoms. The predicted molar refractivity (Wildman–Crippen MR) is 106 cm³/mol. The van der Waals surface area contributed by atoms with Crippen molar-refractivity contribution in [2.45, 2.75) is 44.5 Å². The number of thioether (sulfide) groups is 1. The number of nitrogens with zero attached hydrogens (tertiary/aromatic N) is 3.